The molecule has 1 fully saturated rings. The predicted octanol–water partition coefficient (Wildman–Crippen LogP) is 3.71. The minimum atomic E-state index is -0.188. The molecule has 1 N–H and O–H groups in total. The first kappa shape index (κ1) is 15.7. The molecular weight excluding hydrogens is 329 g/mol. The molecule has 0 amide bonds. The molecule has 3 heterocycles. The van der Waals surface area contributed by atoms with Gasteiger partial charge in [0.05, 0.1) is 13.2 Å². The van der Waals surface area contributed by atoms with Crippen molar-refractivity contribution >= 4 is 22.3 Å². The monoisotopic (exact) mass is 351 g/mol. The third-order valence-corrected chi connectivity index (χ3v) is 5.53. The Kier molecular flexibility index (Phi) is 3.82. The van der Waals surface area contributed by atoms with E-state index in [1.807, 2.05) is 6.07 Å². The fourth-order valence-electron chi connectivity index (χ4n) is 4.11. The van der Waals surface area contributed by atoms with Gasteiger partial charge in [-0.25, -0.2) is 4.39 Å². The summed E-state index contributed by atoms with van der Waals surface area (Å²) in [4.78, 5) is 8.17. The molecule has 0 atom stereocenters. The first-order valence-electron chi connectivity index (χ1n) is 9.24. The minimum absolute atomic E-state index is 0.188. The highest BCUT2D eigenvalue weighted by molar-refractivity contribution is 5.85. The van der Waals surface area contributed by atoms with Crippen molar-refractivity contribution in [3.63, 3.8) is 0 Å². The van der Waals surface area contributed by atoms with Crippen LogP contribution in [0.1, 0.15) is 11.3 Å². The van der Waals surface area contributed by atoms with Gasteiger partial charge in [-0.3, -0.25) is 0 Å². The second-order valence-electron chi connectivity index (χ2n) is 7.06. The summed E-state index contributed by atoms with van der Waals surface area (Å²) in [6, 6.07) is 13.9. The zero-order chi connectivity index (χ0) is 17.5. The van der Waals surface area contributed by atoms with Crippen LogP contribution >= 0.6 is 0 Å². The van der Waals surface area contributed by atoms with Crippen molar-refractivity contribution in [3.8, 4) is 0 Å². The van der Waals surface area contributed by atoms with E-state index in [-0.39, 0.29) is 5.82 Å². The lowest BCUT2D eigenvalue weighted by Gasteiger charge is -2.31. The number of hydrogen-bond acceptors (Lipinski definition) is 3. The van der Waals surface area contributed by atoms with Crippen molar-refractivity contribution in [3.05, 3.63) is 59.5 Å². The first-order chi connectivity index (χ1) is 12.8. The molecule has 2 aliphatic rings. The lowest BCUT2D eigenvalue weighted by Crippen LogP contribution is -2.36. The van der Waals surface area contributed by atoms with Crippen molar-refractivity contribution in [2.75, 3.05) is 42.6 Å². The van der Waals surface area contributed by atoms with Gasteiger partial charge in [0.25, 0.3) is 0 Å². The third-order valence-electron chi connectivity index (χ3n) is 5.53. The SMILES string of the molecule is Fc1ccc2c3c([nH]c2c1)CCN(c1ccc(N2CCOCC2)cc1)C3. The molecular formula is C21H22FN3O. The van der Waals surface area contributed by atoms with E-state index >= 15 is 0 Å². The van der Waals surface area contributed by atoms with Crippen LogP contribution in [-0.2, 0) is 17.7 Å². The van der Waals surface area contributed by atoms with E-state index in [1.165, 1.54) is 22.6 Å². The molecule has 0 spiro atoms. The number of fused-ring (bicyclic) bond motifs is 3. The van der Waals surface area contributed by atoms with Crippen LogP contribution < -0.4 is 9.80 Å². The Labute approximate surface area is 152 Å². The van der Waals surface area contributed by atoms with Crippen LogP contribution in [0.15, 0.2) is 42.5 Å². The second kappa shape index (κ2) is 6.32. The smallest absolute Gasteiger partial charge is 0.125 e. The Morgan fingerprint density at radius 1 is 0.885 bits per heavy atom. The maximum Gasteiger partial charge on any atom is 0.125 e. The standard InChI is InChI=1S/C21H22FN3O/c22-15-1-6-18-19-14-25(8-7-20(19)23-21(18)13-15)17-4-2-16(3-5-17)24-9-11-26-12-10-24/h1-6,13,23H,7-12,14H2. The number of anilines is 2. The molecule has 5 rings (SSSR count). The van der Waals surface area contributed by atoms with E-state index in [4.69, 9.17) is 4.74 Å². The third kappa shape index (κ3) is 2.72. The van der Waals surface area contributed by atoms with Gasteiger partial charge in [-0.05, 0) is 42.5 Å². The summed E-state index contributed by atoms with van der Waals surface area (Å²) in [6.07, 6.45) is 0.955. The molecule has 26 heavy (non-hydrogen) atoms. The summed E-state index contributed by atoms with van der Waals surface area (Å²) >= 11 is 0. The lowest BCUT2D eigenvalue weighted by atomic mass is 10.0. The van der Waals surface area contributed by atoms with Crippen LogP contribution in [0.4, 0.5) is 15.8 Å². The average Bonchev–Trinajstić information content (AvgIpc) is 3.05. The topological polar surface area (TPSA) is 31.5 Å². The van der Waals surface area contributed by atoms with E-state index in [0.29, 0.717) is 0 Å². The Balaban J connectivity index is 1.39. The van der Waals surface area contributed by atoms with Gasteiger partial charge in [0.1, 0.15) is 5.82 Å². The number of morpholine rings is 1. The molecule has 0 aliphatic carbocycles. The van der Waals surface area contributed by atoms with Crippen LogP contribution in [0.25, 0.3) is 10.9 Å². The van der Waals surface area contributed by atoms with E-state index in [9.17, 15) is 4.39 Å². The fraction of sp³-hybridized carbons (Fsp3) is 0.333. The van der Waals surface area contributed by atoms with Gasteiger partial charge in [-0.2, -0.15) is 0 Å². The molecule has 1 aromatic heterocycles. The summed E-state index contributed by atoms with van der Waals surface area (Å²) in [7, 11) is 0. The highest BCUT2D eigenvalue weighted by Gasteiger charge is 2.21. The average molecular weight is 351 g/mol. The van der Waals surface area contributed by atoms with Crippen molar-refractivity contribution in [1.29, 1.82) is 0 Å². The molecule has 1 saturated heterocycles. The number of aromatic nitrogens is 1. The number of aromatic amines is 1. The van der Waals surface area contributed by atoms with Gasteiger partial charge in [0.15, 0.2) is 0 Å². The summed E-state index contributed by atoms with van der Waals surface area (Å²) in [5.74, 6) is -0.188. The Morgan fingerprint density at radius 2 is 1.62 bits per heavy atom. The normalized spacial score (nSPS) is 17.6. The molecule has 4 nitrogen and oxygen atoms in total. The maximum atomic E-state index is 13.5. The lowest BCUT2D eigenvalue weighted by molar-refractivity contribution is 0.122. The molecule has 0 unspecified atom stereocenters. The molecule has 5 heteroatoms. The number of nitrogens with zero attached hydrogens (tertiary/aromatic N) is 2. The van der Waals surface area contributed by atoms with Crippen molar-refractivity contribution in [2.45, 2.75) is 13.0 Å². The van der Waals surface area contributed by atoms with Crippen LogP contribution in [0.2, 0.25) is 0 Å². The fourth-order valence-corrected chi connectivity index (χ4v) is 4.11. The molecule has 2 aliphatic heterocycles. The van der Waals surface area contributed by atoms with Gasteiger partial charge < -0.3 is 19.5 Å². The number of rotatable bonds is 2. The Bertz CT molecular complexity index is 928. The van der Waals surface area contributed by atoms with Gasteiger partial charge in [-0.1, -0.05) is 0 Å². The number of halogens is 1. The predicted molar refractivity (Wildman–Crippen MR) is 102 cm³/mol. The van der Waals surface area contributed by atoms with Crippen LogP contribution in [0.5, 0.6) is 0 Å². The van der Waals surface area contributed by atoms with Gasteiger partial charge in [0.2, 0.25) is 0 Å². The number of ether oxygens (including phenoxy) is 1. The molecule has 0 radical (unpaired) electrons. The summed E-state index contributed by atoms with van der Waals surface area (Å²) < 4.78 is 18.9. The largest absolute Gasteiger partial charge is 0.378 e. The van der Waals surface area contributed by atoms with E-state index in [2.05, 4.69) is 39.0 Å². The van der Waals surface area contributed by atoms with Gasteiger partial charge in [-0.15, -0.1) is 0 Å². The Hall–Kier alpha value is -2.53. The van der Waals surface area contributed by atoms with E-state index in [0.717, 1.165) is 56.7 Å². The maximum absolute atomic E-state index is 13.5. The Morgan fingerprint density at radius 3 is 2.38 bits per heavy atom. The summed E-state index contributed by atoms with van der Waals surface area (Å²) in [5.41, 5.74) is 5.94. The zero-order valence-electron chi connectivity index (χ0n) is 14.7. The number of H-pyrrole nitrogens is 1. The summed E-state index contributed by atoms with van der Waals surface area (Å²) in [5, 5.41) is 1.14. The number of hydrogen-bond donors (Lipinski definition) is 1. The quantitative estimate of drug-likeness (QED) is 0.764. The highest BCUT2D eigenvalue weighted by atomic mass is 19.1. The minimum Gasteiger partial charge on any atom is -0.378 e. The molecule has 0 bridgehead atoms. The van der Waals surface area contributed by atoms with Crippen LogP contribution in [0.3, 0.4) is 0 Å². The van der Waals surface area contributed by atoms with Gasteiger partial charge >= 0.3 is 0 Å². The van der Waals surface area contributed by atoms with Gasteiger partial charge in [0, 0.05) is 66.1 Å². The molecule has 3 aromatic rings. The van der Waals surface area contributed by atoms with Crippen molar-refractivity contribution < 1.29 is 9.13 Å². The molecule has 0 saturated carbocycles. The highest BCUT2D eigenvalue weighted by Crippen LogP contribution is 2.31. The number of benzene rings is 2. The van der Waals surface area contributed by atoms with Crippen LogP contribution in [-0.4, -0.2) is 37.8 Å². The summed E-state index contributed by atoms with van der Waals surface area (Å²) in [6.45, 7) is 5.35. The first-order valence-corrected chi connectivity index (χ1v) is 9.24. The molecule has 134 valence electrons. The van der Waals surface area contributed by atoms with E-state index < -0.39 is 0 Å². The second-order valence-corrected chi connectivity index (χ2v) is 7.06. The zero-order valence-corrected chi connectivity index (χ0v) is 14.7. The van der Waals surface area contributed by atoms with E-state index in [1.54, 1.807) is 12.1 Å². The number of nitrogens with one attached hydrogen (secondary N) is 1. The van der Waals surface area contributed by atoms with Crippen LogP contribution in [0, 0.1) is 5.82 Å². The van der Waals surface area contributed by atoms with Crippen molar-refractivity contribution in [2.24, 2.45) is 0 Å². The van der Waals surface area contributed by atoms with Crippen molar-refractivity contribution in [1.82, 2.24) is 4.98 Å². The molecule has 2 aromatic carbocycles.